The lowest BCUT2D eigenvalue weighted by atomic mass is 10.2. The lowest BCUT2D eigenvalue weighted by Gasteiger charge is -2.16. The van der Waals surface area contributed by atoms with Crippen molar-refractivity contribution in [3.8, 4) is 5.75 Å². The number of phenolic OH excluding ortho intramolecular Hbond substituents is 1. The molecule has 2 aromatic carbocycles. The number of esters is 1. The number of anilines is 1. The second-order valence-electron chi connectivity index (χ2n) is 6.99. The predicted octanol–water partition coefficient (Wildman–Crippen LogP) is 0.620. The minimum Gasteiger partial charge on any atom is -0.507 e. The number of benzene rings is 2. The van der Waals surface area contributed by atoms with Gasteiger partial charge in [0.15, 0.2) is 6.61 Å². The molecule has 0 spiro atoms. The molecule has 1 saturated heterocycles. The van der Waals surface area contributed by atoms with Crippen molar-refractivity contribution >= 4 is 37.6 Å². The van der Waals surface area contributed by atoms with Crippen LogP contribution in [-0.4, -0.2) is 57.8 Å². The van der Waals surface area contributed by atoms with Crippen molar-refractivity contribution in [3.05, 3.63) is 48.0 Å². The van der Waals surface area contributed by atoms with E-state index in [-0.39, 0.29) is 15.5 Å². The molecule has 13 heteroatoms. The normalized spacial score (nSPS) is 14.8. The topological polar surface area (TPSA) is 173 Å². The molecule has 172 valence electrons. The van der Waals surface area contributed by atoms with Crippen LogP contribution >= 0.6 is 0 Å². The Morgan fingerprint density at radius 2 is 1.72 bits per heavy atom. The van der Waals surface area contributed by atoms with Crippen LogP contribution < -0.4 is 10.5 Å². The van der Waals surface area contributed by atoms with Crippen LogP contribution in [0.4, 0.5) is 5.69 Å². The largest absolute Gasteiger partial charge is 0.507 e. The van der Waals surface area contributed by atoms with Gasteiger partial charge in [-0.15, -0.1) is 0 Å². The molecule has 11 nitrogen and oxygen atoms in total. The molecule has 0 atom stereocenters. The molecular formula is C19H21N3O8S2. The van der Waals surface area contributed by atoms with E-state index in [9.17, 15) is 31.5 Å². The summed E-state index contributed by atoms with van der Waals surface area (Å²) in [6, 6.07) is 8.41. The first-order valence-corrected chi connectivity index (χ1v) is 12.4. The Balaban J connectivity index is 1.68. The van der Waals surface area contributed by atoms with E-state index in [4.69, 9.17) is 9.88 Å². The lowest BCUT2D eigenvalue weighted by Crippen LogP contribution is -2.28. The number of sulfonamides is 2. The number of hydrogen-bond acceptors (Lipinski definition) is 8. The summed E-state index contributed by atoms with van der Waals surface area (Å²) in [4.78, 5) is 24.0. The van der Waals surface area contributed by atoms with Crippen molar-refractivity contribution in [2.75, 3.05) is 25.0 Å². The van der Waals surface area contributed by atoms with Gasteiger partial charge in [-0.25, -0.2) is 26.8 Å². The molecule has 3 rings (SSSR count). The summed E-state index contributed by atoms with van der Waals surface area (Å²) in [6.45, 7) is -0.0212. The standard InChI is InChI=1S/C19H21N3O8S2/c20-31(26,27)14-5-3-4-13(10-14)21-18(24)12-30-19(25)16-11-15(6-7-17(16)23)32(28,29)22-8-1-2-9-22/h3-7,10-11,23H,1-2,8-9,12H2,(H,21,24)(H2,20,26,27). The summed E-state index contributed by atoms with van der Waals surface area (Å²) in [7, 11) is -7.79. The van der Waals surface area contributed by atoms with Crippen molar-refractivity contribution in [1.29, 1.82) is 0 Å². The number of primary sulfonamides is 1. The molecule has 1 heterocycles. The van der Waals surface area contributed by atoms with Crippen LogP contribution in [-0.2, 0) is 29.6 Å². The van der Waals surface area contributed by atoms with Crippen molar-refractivity contribution in [2.45, 2.75) is 22.6 Å². The van der Waals surface area contributed by atoms with Crippen molar-refractivity contribution in [3.63, 3.8) is 0 Å². The molecule has 0 saturated carbocycles. The Morgan fingerprint density at radius 3 is 2.38 bits per heavy atom. The highest BCUT2D eigenvalue weighted by Crippen LogP contribution is 2.26. The van der Waals surface area contributed by atoms with Gasteiger partial charge in [0.1, 0.15) is 11.3 Å². The molecule has 0 bridgehead atoms. The van der Waals surface area contributed by atoms with Gasteiger partial charge in [-0.05, 0) is 49.2 Å². The highest BCUT2D eigenvalue weighted by Gasteiger charge is 2.28. The third-order valence-electron chi connectivity index (χ3n) is 4.67. The molecule has 0 radical (unpaired) electrons. The zero-order valence-corrected chi connectivity index (χ0v) is 18.4. The quantitative estimate of drug-likeness (QED) is 0.481. The van der Waals surface area contributed by atoms with Crippen LogP contribution in [0.15, 0.2) is 52.3 Å². The SMILES string of the molecule is NS(=O)(=O)c1cccc(NC(=O)COC(=O)c2cc(S(=O)(=O)N3CCCC3)ccc2O)c1. The fourth-order valence-corrected chi connectivity index (χ4v) is 5.18. The summed E-state index contributed by atoms with van der Waals surface area (Å²) in [6.07, 6.45) is 1.48. The van der Waals surface area contributed by atoms with Gasteiger partial charge in [-0.1, -0.05) is 6.07 Å². The van der Waals surface area contributed by atoms with Gasteiger partial charge in [0, 0.05) is 18.8 Å². The smallest absolute Gasteiger partial charge is 0.342 e. The van der Waals surface area contributed by atoms with E-state index in [1.54, 1.807) is 0 Å². The molecule has 1 fully saturated rings. The van der Waals surface area contributed by atoms with Crippen LogP contribution in [0.2, 0.25) is 0 Å². The average molecular weight is 484 g/mol. The number of rotatable bonds is 7. The second kappa shape index (κ2) is 9.24. The monoisotopic (exact) mass is 483 g/mol. The van der Waals surface area contributed by atoms with Crippen molar-refractivity contribution < 1.29 is 36.3 Å². The highest BCUT2D eigenvalue weighted by atomic mass is 32.2. The number of carbonyl (C=O) groups excluding carboxylic acids is 2. The summed E-state index contributed by atoms with van der Waals surface area (Å²) in [5.74, 6) is -2.39. The first kappa shape index (κ1) is 23.7. The van der Waals surface area contributed by atoms with Crippen LogP contribution in [0, 0.1) is 0 Å². The van der Waals surface area contributed by atoms with E-state index >= 15 is 0 Å². The van der Waals surface area contributed by atoms with Gasteiger partial charge in [0.05, 0.1) is 9.79 Å². The molecule has 2 aromatic rings. The number of amides is 1. The fourth-order valence-electron chi connectivity index (χ4n) is 3.07. The summed E-state index contributed by atoms with van der Waals surface area (Å²) >= 11 is 0. The van der Waals surface area contributed by atoms with Crippen molar-refractivity contribution in [1.82, 2.24) is 4.31 Å². The first-order valence-electron chi connectivity index (χ1n) is 9.41. The Labute approximate surface area is 184 Å². The maximum absolute atomic E-state index is 12.7. The third kappa shape index (κ3) is 5.43. The number of nitrogens with zero attached hydrogens (tertiary/aromatic N) is 1. The van der Waals surface area contributed by atoms with Gasteiger partial charge in [0.2, 0.25) is 20.0 Å². The van der Waals surface area contributed by atoms with Crippen molar-refractivity contribution in [2.24, 2.45) is 5.14 Å². The summed E-state index contributed by atoms with van der Waals surface area (Å²) < 4.78 is 54.3. The molecular weight excluding hydrogens is 462 g/mol. The minimum atomic E-state index is -3.97. The molecule has 4 N–H and O–H groups in total. The number of nitrogens with two attached hydrogens (primary N) is 1. The summed E-state index contributed by atoms with van der Waals surface area (Å²) in [5, 5.41) is 17.3. The second-order valence-corrected chi connectivity index (χ2v) is 10.5. The van der Waals surface area contributed by atoms with Crippen LogP contribution in [0.5, 0.6) is 5.75 Å². The van der Waals surface area contributed by atoms with Crippen LogP contribution in [0.25, 0.3) is 0 Å². The van der Waals surface area contributed by atoms with Gasteiger partial charge >= 0.3 is 5.97 Å². The zero-order valence-electron chi connectivity index (χ0n) is 16.7. The molecule has 1 aliphatic rings. The summed E-state index contributed by atoms with van der Waals surface area (Å²) in [5.41, 5.74) is -0.298. The first-order chi connectivity index (χ1) is 15.0. The van der Waals surface area contributed by atoms with Gasteiger partial charge in [-0.3, -0.25) is 4.79 Å². The van der Waals surface area contributed by atoms with E-state index in [1.165, 1.54) is 28.6 Å². The van der Waals surface area contributed by atoms with E-state index in [0.717, 1.165) is 31.0 Å². The molecule has 0 unspecified atom stereocenters. The average Bonchev–Trinajstić information content (AvgIpc) is 3.27. The Morgan fingerprint density at radius 1 is 1.03 bits per heavy atom. The third-order valence-corrected chi connectivity index (χ3v) is 7.48. The van der Waals surface area contributed by atoms with Gasteiger partial charge in [-0.2, -0.15) is 4.31 Å². The number of phenols is 1. The number of carbonyl (C=O) groups is 2. The Bertz CT molecular complexity index is 1250. The molecule has 0 aromatic heterocycles. The molecule has 1 aliphatic heterocycles. The van der Waals surface area contributed by atoms with Crippen LogP contribution in [0.1, 0.15) is 23.2 Å². The Kier molecular flexibility index (Phi) is 6.83. The maximum atomic E-state index is 12.7. The Hall–Kier alpha value is -3.00. The maximum Gasteiger partial charge on any atom is 0.342 e. The highest BCUT2D eigenvalue weighted by molar-refractivity contribution is 7.89. The molecule has 1 amide bonds. The minimum absolute atomic E-state index is 0.110. The van der Waals surface area contributed by atoms with Gasteiger partial charge in [0.25, 0.3) is 5.91 Å². The van der Waals surface area contributed by atoms with Crippen LogP contribution in [0.3, 0.4) is 0 Å². The van der Waals surface area contributed by atoms with Gasteiger partial charge < -0.3 is 15.2 Å². The number of ether oxygens (including phenoxy) is 1. The molecule has 0 aliphatic carbocycles. The predicted molar refractivity (Wildman–Crippen MR) is 113 cm³/mol. The van der Waals surface area contributed by atoms with E-state index < -0.39 is 49.8 Å². The van der Waals surface area contributed by atoms with E-state index in [0.29, 0.717) is 13.1 Å². The lowest BCUT2D eigenvalue weighted by molar-refractivity contribution is -0.119. The fraction of sp³-hybridized carbons (Fsp3) is 0.263. The van der Waals surface area contributed by atoms with E-state index in [2.05, 4.69) is 5.32 Å². The number of nitrogens with one attached hydrogen (secondary N) is 1. The number of hydrogen-bond donors (Lipinski definition) is 3. The zero-order chi connectivity index (χ0) is 23.5. The van der Waals surface area contributed by atoms with E-state index in [1.807, 2.05) is 0 Å². The number of aromatic hydroxyl groups is 1. The molecule has 32 heavy (non-hydrogen) atoms.